The number of ether oxygens (including phenoxy) is 1. The van der Waals surface area contributed by atoms with Crippen LogP contribution in [0.3, 0.4) is 0 Å². The molecular formula is C12H23N3O. The number of nitrogens with zero attached hydrogens (tertiary/aromatic N) is 2. The van der Waals surface area contributed by atoms with Gasteiger partial charge in [0.2, 0.25) is 0 Å². The van der Waals surface area contributed by atoms with Crippen LogP contribution in [-0.4, -0.2) is 29.8 Å². The highest BCUT2D eigenvalue weighted by Crippen LogP contribution is 2.17. The summed E-state index contributed by atoms with van der Waals surface area (Å²) in [7, 11) is 3.79. The van der Waals surface area contributed by atoms with E-state index in [0.717, 1.165) is 32.4 Å². The van der Waals surface area contributed by atoms with Crippen molar-refractivity contribution in [3.05, 3.63) is 18.2 Å². The first-order valence-corrected chi connectivity index (χ1v) is 5.98. The fourth-order valence-electron chi connectivity index (χ4n) is 1.81. The third-order valence-corrected chi connectivity index (χ3v) is 2.69. The van der Waals surface area contributed by atoms with Crippen molar-refractivity contribution in [3.63, 3.8) is 0 Å². The second-order valence-corrected chi connectivity index (χ2v) is 4.07. The van der Waals surface area contributed by atoms with Crippen molar-refractivity contribution in [1.82, 2.24) is 14.9 Å². The monoisotopic (exact) mass is 225 g/mol. The smallest absolute Gasteiger partial charge is 0.0946 e. The van der Waals surface area contributed by atoms with Crippen LogP contribution in [0.15, 0.2) is 12.5 Å². The molecule has 4 heteroatoms. The highest BCUT2D eigenvalue weighted by atomic mass is 16.5. The van der Waals surface area contributed by atoms with E-state index in [1.54, 1.807) is 7.11 Å². The van der Waals surface area contributed by atoms with Gasteiger partial charge in [-0.25, -0.2) is 4.98 Å². The molecule has 0 aliphatic carbocycles. The molecule has 1 aromatic heterocycles. The van der Waals surface area contributed by atoms with E-state index in [4.69, 9.17) is 4.74 Å². The third-order valence-electron chi connectivity index (χ3n) is 2.69. The summed E-state index contributed by atoms with van der Waals surface area (Å²) in [6.07, 6.45) is 7.11. The lowest BCUT2D eigenvalue weighted by molar-refractivity contribution is 0.188. The Kier molecular flexibility index (Phi) is 6.11. The van der Waals surface area contributed by atoms with Gasteiger partial charge in [0.05, 0.1) is 12.0 Å². The summed E-state index contributed by atoms with van der Waals surface area (Å²) in [5, 5.41) is 3.56. The molecule has 0 aliphatic heterocycles. The molecule has 0 fully saturated rings. The largest absolute Gasteiger partial charge is 0.385 e. The van der Waals surface area contributed by atoms with Gasteiger partial charge in [0.15, 0.2) is 0 Å². The number of imidazole rings is 1. The lowest BCUT2D eigenvalue weighted by Gasteiger charge is -2.18. The minimum absolute atomic E-state index is 0.391. The summed E-state index contributed by atoms with van der Waals surface area (Å²) < 4.78 is 7.18. The van der Waals surface area contributed by atoms with Gasteiger partial charge in [-0.05, 0) is 25.8 Å². The van der Waals surface area contributed by atoms with Gasteiger partial charge < -0.3 is 14.6 Å². The first-order chi connectivity index (χ1) is 7.79. The van der Waals surface area contributed by atoms with E-state index in [-0.39, 0.29) is 0 Å². The Morgan fingerprint density at radius 1 is 1.56 bits per heavy atom. The molecule has 0 bridgehead atoms. The molecule has 4 nitrogen and oxygen atoms in total. The van der Waals surface area contributed by atoms with Crippen LogP contribution in [0.4, 0.5) is 0 Å². The topological polar surface area (TPSA) is 39.1 Å². The Balaban J connectivity index is 2.53. The summed E-state index contributed by atoms with van der Waals surface area (Å²) >= 11 is 0. The Labute approximate surface area is 98.0 Å². The maximum atomic E-state index is 5.09. The van der Waals surface area contributed by atoms with E-state index in [1.165, 1.54) is 5.69 Å². The van der Waals surface area contributed by atoms with Gasteiger partial charge in [-0.2, -0.15) is 0 Å². The maximum Gasteiger partial charge on any atom is 0.0946 e. The first kappa shape index (κ1) is 13.2. The van der Waals surface area contributed by atoms with Crippen LogP contribution in [0, 0.1) is 0 Å². The molecule has 0 saturated heterocycles. The molecule has 92 valence electrons. The van der Waals surface area contributed by atoms with E-state index in [2.05, 4.69) is 21.8 Å². The van der Waals surface area contributed by atoms with Crippen molar-refractivity contribution in [2.45, 2.75) is 32.2 Å². The van der Waals surface area contributed by atoms with Crippen LogP contribution in [0.25, 0.3) is 0 Å². The molecule has 0 amide bonds. The van der Waals surface area contributed by atoms with Crippen LogP contribution in [-0.2, 0) is 11.8 Å². The summed E-state index contributed by atoms with van der Waals surface area (Å²) in [6.45, 7) is 4.05. The number of nitrogens with one attached hydrogen (secondary N) is 1. The van der Waals surface area contributed by atoms with E-state index in [1.807, 2.05) is 19.6 Å². The van der Waals surface area contributed by atoms with Crippen molar-refractivity contribution in [2.75, 3.05) is 20.3 Å². The second kappa shape index (κ2) is 7.41. The predicted molar refractivity (Wildman–Crippen MR) is 65.4 cm³/mol. The Bertz CT molecular complexity index is 286. The van der Waals surface area contributed by atoms with Crippen molar-refractivity contribution >= 4 is 0 Å². The average molecular weight is 225 g/mol. The van der Waals surface area contributed by atoms with Crippen LogP contribution < -0.4 is 5.32 Å². The van der Waals surface area contributed by atoms with E-state index in [0.29, 0.717) is 6.04 Å². The van der Waals surface area contributed by atoms with Gasteiger partial charge >= 0.3 is 0 Å². The zero-order valence-corrected chi connectivity index (χ0v) is 10.6. The summed E-state index contributed by atoms with van der Waals surface area (Å²) in [4.78, 5) is 4.17. The molecule has 1 aromatic rings. The Hall–Kier alpha value is -0.870. The number of hydrogen-bond donors (Lipinski definition) is 1. The molecule has 0 saturated carbocycles. The van der Waals surface area contributed by atoms with Gasteiger partial charge in [0, 0.05) is 33.0 Å². The highest BCUT2D eigenvalue weighted by molar-refractivity contribution is 5.04. The van der Waals surface area contributed by atoms with Crippen LogP contribution in [0.1, 0.15) is 37.9 Å². The second-order valence-electron chi connectivity index (χ2n) is 4.07. The average Bonchev–Trinajstić information content (AvgIpc) is 2.70. The van der Waals surface area contributed by atoms with Crippen molar-refractivity contribution < 1.29 is 4.74 Å². The van der Waals surface area contributed by atoms with E-state index < -0.39 is 0 Å². The van der Waals surface area contributed by atoms with Crippen molar-refractivity contribution in [2.24, 2.45) is 7.05 Å². The number of aryl methyl sites for hydroxylation is 1. The molecule has 0 aliphatic rings. The number of rotatable bonds is 8. The summed E-state index contributed by atoms with van der Waals surface area (Å²) in [6, 6.07) is 0.391. The molecular weight excluding hydrogens is 202 g/mol. The predicted octanol–water partition coefficient (Wildman–Crippen LogP) is 1.89. The zero-order chi connectivity index (χ0) is 11.8. The lowest BCUT2D eigenvalue weighted by atomic mass is 10.1. The van der Waals surface area contributed by atoms with E-state index in [9.17, 15) is 0 Å². The molecule has 0 radical (unpaired) electrons. The first-order valence-electron chi connectivity index (χ1n) is 5.98. The standard InChI is InChI=1S/C12H23N3O/c1-4-7-14-11(6-5-8-16-3)12-9-13-10-15(12)2/h9-11,14H,4-8H2,1-3H3. The molecule has 16 heavy (non-hydrogen) atoms. The summed E-state index contributed by atoms with van der Waals surface area (Å²) in [5.41, 5.74) is 1.25. The molecule has 0 spiro atoms. The number of methoxy groups -OCH3 is 1. The van der Waals surface area contributed by atoms with Gasteiger partial charge in [-0.15, -0.1) is 0 Å². The molecule has 1 N–H and O–H groups in total. The normalized spacial score (nSPS) is 12.9. The Morgan fingerprint density at radius 3 is 2.94 bits per heavy atom. The van der Waals surface area contributed by atoms with Crippen molar-refractivity contribution in [3.8, 4) is 0 Å². The van der Waals surface area contributed by atoms with Gasteiger partial charge in [0.25, 0.3) is 0 Å². The molecule has 1 atom stereocenters. The molecule has 0 aromatic carbocycles. The number of aromatic nitrogens is 2. The molecule has 1 heterocycles. The fraction of sp³-hybridized carbons (Fsp3) is 0.750. The van der Waals surface area contributed by atoms with Crippen LogP contribution in [0.2, 0.25) is 0 Å². The highest BCUT2D eigenvalue weighted by Gasteiger charge is 2.13. The van der Waals surface area contributed by atoms with E-state index >= 15 is 0 Å². The SMILES string of the molecule is CCCNC(CCCOC)c1cncn1C. The fourth-order valence-corrected chi connectivity index (χ4v) is 1.81. The minimum atomic E-state index is 0.391. The summed E-state index contributed by atoms with van der Waals surface area (Å²) in [5.74, 6) is 0. The molecule has 1 unspecified atom stereocenters. The van der Waals surface area contributed by atoms with Crippen LogP contribution in [0.5, 0.6) is 0 Å². The minimum Gasteiger partial charge on any atom is -0.385 e. The lowest BCUT2D eigenvalue weighted by Crippen LogP contribution is -2.24. The quantitative estimate of drug-likeness (QED) is 0.687. The zero-order valence-electron chi connectivity index (χ0n) is 10.6. The maximum absolute atomic E-state index is 5.09. The molecule has 1 rings (SSSR count). The van der Waals surface area contributed by atoms with Gasteiger partial charge in [0.1, 0.15) is 0 Å². The van der Waals surface area contributed by atoms with Gasteiger partial charge in [-0.3, -0.25) is 0 Å². The number of hydrogen-bond acceptors (Lipinski definition) is 3. The van der Waals surface area contributed by atoms with Crippen molar-refractivity contribution in [1.29, 1.82) is 0 Å². The third kappa shape index (κ3) is 3.94. The van der Waals surface area contributed by atoms with Crippen LogP contribution >= 0.6 is 0 Å². The van der Waals surface area contributed by atoms with Gasteiger partial charge in [-0.1, -0.05) is 6.92 Å². The Morgan fingerprint density at radius 2 is 2.38 bits per heavy atom.